The second-order valence-electron chi connectivity index (χ2n) is 4.80. The van der Waals surface area contributed by atoms with Gasteiger partial charge in [0.25, 0.3) is 0 Å². The van der Waals surface area contributed by atoms with Crippen LogP contribution in [-0.4, -0.2) is 18.8 Å². The van der Waals surface area contributed by atoms with Gasteiger partial charge in [0.15, 0.2) is 11.5 Å². The van der Waals surface area contributed by atoms with Crippen LogP contribution in [0.1, 0.15) is 30.9 Å². The Balaban J connectivity index is 2.58. The first-order valence-electron chi connectivity index (χ1n) is 5.81. The van der Waals surface area contributed by atoms with E-state index < -0.39 is 0 Å². The Bertz CT molecular complexity index is 440. The van der Waals surface area contributed by atoms with Crippen LogP contribution in [-0.2, 0) is 5.54 Å². The van der Waals surface area contributed by atoms with Gasteiger partial charge in [-0.2, -0.15) is 0 Å². The quantitative estimate of drug-likeness (QED) is 0.882. The Labute approximate surface area is 110 Å². The Morgan fingerprint density at radius 3 is 2.76 bits per heavy atom. The van der Waals surface area contributed by atoms with Crippen LogP contribution in [0.15, 0.2) is 10.5 Å². The number of ether oxygens (including phenoxy) is 1. The van der Waals surface area contributed by atoms with E-state index >= 15 is 0 Å². The highest BCUT2D eigenvalue weighted by Gasteiger charge is 2.34. The van der Waals surface area contributed by atoms with Gasteiger partial charge in [0.1, 0.15) is 0 Å². The molecule has 0 spiro atoms. The summed E-state index contributed by atoms with van der Waals surface area (Å²) in [7, 11) is 1.57. The molecule has 1 atom stereocenters. The summed E-state index contributed by atoms with van der Waals surface area (Å²) in [6.07, 6.45) is 2.24. The fraction of sp³-hybridized carbons (Fsp3) is 0.538. The molecule has 2 rings (SSSR count). The molecule has 17 heavy (non-hydrogen) atoms. The van der Waals surface area contributed by atoms with Gasteiger partial charge in [0.2, 0.25) is 0 Å². The molecule has 1 aliphatic rings. The molecule has 0 bridgehead atoms. The minimum atomic E-state index is -0.0628. The van der Waals surface area contributed by atoms with E-state index in [-0.39, 0.29) is 11.3 Å². The van der Waals surface area contributed by atoms with Crippen molar-refractivity contribution in [2.24, 2.45) is 0 Å². The first-order chi connectivity index (χ1) is 7.99. The van der Waals surface area contributed by atoms with Crippen molar-refractivity contribution in [3.8, 4) is 11.5 Å². The van der Waals surface area contributed by atoms with E-state index in [0.717, 1.165) is 35.0 Å². The number of halogens is 1. The van der Waals surface area contributed by atoms with Crippen molar-refractivity contribution in [1.29, 1.82) is 0 Å². The van der Waals surface area contributed by atoms with Crippen LogP contribution < -0.4 is 10.1 Å². The highest BCUT2D eigenvalue weighted by Crippen LogP contribution is 2.45. The average molecular weight is 300 g/mol. The predicted molar refractivity (Wildman–Crippen MR) is 71.7 cm³/mol. The third-order valence-corrected chi connectivity index (χ3v) is 4.32. The minimum absolute atomic E-state index is 0.0628. The van der Waals surface area contributed by atoms with Crippen molar-refractivity contribution in [3.63, 3.8) is 0 Å². The lowest BCUT2D eigenvalue weighted by molar-refractivity contribution is 0.366. The largest absolute Gasteiger partial charge is 0.503 e. The highest BCUT2D eigenvalue weighted by atomic mass is 79.9. The molecule has 1 heterocycles. The van der Waals surface area contributed by atoms with Crippen molar-refractivity contribution in [1.82, 2.24) is 5.32 Å². The first-order valence-corrected chi connectivity index (χ1v) is 6.60. The van der Waals surface area contributed by atoms with E-state index in [0.29, 0.717) is 5.75 Å². The van der Waals surface area contributed by atoms with Crippen LogP contribution in [0.2, 0.25) is 0 Å². The fourth-order valence-corrected chi connectivity index (χ4v) is 3.62. The molecule has 0 aliphatic carbocycles. The predicted octanol–water partition coefficient (Wildman–Crippen LogP) is 3.07. The summed E-state index contributed by atoms with van der Waals surface area (Å²) < 4.78 is 5.90. The third kappa shape index (κ3) is 2.04. The Morgan fingerprint density at radius 2 is 2.24 bits per heavy atom. The van der Waals surface area contributed by atoms with Crippen molar-refractivity contribution < 1.29 is 9.84 Å². The van der Waals surface area contributed by atoms with Gasteiger partial charge in [0.05, 0.1) is 11.6 Å². The number of aromatic hydroxyl groups is 1. The number of methoxy groups -OCH3 is 1. The van der Waals surface area contributed by atoms with Gasteiger partial charge in [-0.05, 0) is 66.4 Å². The van der Waals surface area contributed by atoms with E-state index in [9.17, 15) is 5.11 Å². The fourth-order valence-electron chi connectivity index (χ4n) is 2.68. The van der Waals surface area contributed by atoms with Crippen LogP contribution in [0.25, 0.3) is 0 Å². The Hall–Kier alpha value is -0.740. The zero-order chi connectivity index (χ0) is 12.6. The van der Waals surface area contributed by atoms with E-state index in [4.69, 9.17) is 4.74 Å². The molecule has 0 radical (unpaired) electrons. The third-order valence-electron chi connectivity index (χ3n) is 3.54. The van der Waals surface area contributed by atoms with Crippen molar-refractivity contribution >= 4 is 15.9 Å². The topological polar surface area (TPSA) is 41.5 Å². The monoisotopic (exact) mass is 299 g/mol. The maximum absolute atomic E-state index is 10.1. The van der Waals surface area contributed by atoms with E-state index in [1.165, 1.54) is 0 Å². The number of phenols is 1. The molecular formula is C13H18BrNO2. The molecule has 1 aromatic rings. The number of aryl methyl sites for hydroxylation is 1. The van der Waals surface area contributed by atoms with E-state index in [1.807, 2.05) is 13.0 Å². The van der Waals surface area contributed by atoms with Gasteiger partial charge in [-0.3, -0.25) is 0 Å². The highest BCUT2D eigenvalue weighted by molar-refractivity contribution is 9.10. The Kier molecular flexibility index (Phi) is 3.36. The maximum atomic E-state index is 10.1. The standard InChI is InChI=1S/C13H18BrNO2/c1-8-7-9(17-3)12(16)11(14)10(8)13(2)5-4-6-15-13/h7,15-16H,4-6H2,1-3H3. The van der Waals surface area contributed by atoms with Crippen LogP contribution in [0.4, 0.5) is 0 Å². The minimum Gasteiger partial charge on any atom is -0.503 e. The number of hydrogen-bond donors (Lipinski definition) is 2. The van der Waals surface area contributed by atoms with Crippen LogP contribution in [0.5, 0.6) is 11.5 Å². The van der Waals surface area contributed by atoms with E-state index in [1.54, 1.807) is 7.11 Å². The van der Waals surface area contributed by atoms with Crippen molar-refractivity contribution in [2.45, 2.75) is 32.2 Å². The number of benzene rings is 1. The summed E-state index contributed by atoms with van der Waals surface area (Å²) in [6, 6.07) is 1.89. The number of nitrogens with one attached hydrogen (secondary N) is 1. The lowest BCUT2D eigenvalue weighted by Crippen LogP contribution is -2.34. The smallest absolute Gasteiger partial charge is 0.172 e. The molecular weight excluding hydrogens is 282 g/mol. The molecule has 0 saturated carbocycles. The summed E-state index contributed by atoms with van der Waals surface area (Å²) >= 11 is 3.50. The normalized spacial score (nSPS) is 24.0. The van der Waals surface area contributed by atoms with Crippen molar-refractivity contribution in [2.75, 3.05) is 13.7 Å². The molecule has 1 aliphatic heterocycles. The average Bonchev–Trinajstić information content (AvgIpc) is 2.71. The molecule has 4 heteroatoms. The van der Waals surface area contributed by atoms with Gasteiger partial charge in [0, 0.05) is 5.54 Å². The molecule has 0 aromatic heterocycles. The van der Waals surface area contributed by atoms with Crippen molar-refractivity contribution in [3.05, 3.63) is 21.7 Å². The summed E-state index contributed by atoms with van der Waals surface area (Å²) in [6.45, 7) is 5.25. The summed E-state index contributed by atoms with van der Waals surface area (Å²) in [5, 5.41) is 13.6. The van der Waals surface area contributed by atoms with Gasteiger partial charge >= 0.3 is 0 Å². The molecule has 2 N–H and O–H groups in total. The maximum Gasteiger partial charge on any atom is 0.172 e. The molecule has 1 aromatic carbocycles. The summed E-state index contributed by atoms with van der Waals surface area (Å²) in [4.78, 5) is 0. The molecule has 1 fully saturated rings. The number of rotatable bonds is 2. The first kappa shape index (κ1) is 12.7. The number of phenolic OH excluding ortho intramolecular Hbond substituents is 1. The van der Waals surface area contributed by atoms with Gasteiger partial charge in [-0.15, -0.1) is 0 Å². The van der Waals surface area contributed by atoms with Gasteiger partial charge in [-0.1, -0.05) is 0 Å². The lowest BCUT2D eigenvalue weighted by atomic mass is 9.87. The molecule has 94 valence electrons. The second kappa shape index (κ2) is 4.50. The van der Waals surface area contributed by atoms with Crippen LogP contribution >= 0.6 is 15.9 Å². The van der Waals surface area contributed by atoms with Gasteiger partial charge in [-0.25, -0.2) is 0 Å². The molecule has 1 saturated heterocycles. The second-order valence-corrected chi connectivity index (χ2v) is 5.59. The molecule has 1 unspecified atom stereocenters. The summed E-state index contributed by atoms with van der Waals surface area (Å²) in [5.41, 5.74) is 2.20. The zero-order valence-electron chi connectivity index (χ0n) is 10.4. The SMILES string of the molecule is COc1cc(C)c(C2(C)CCCN2)c(Br)c1O. The van der Waals surface area contributed by atoms with Gasteiger partial charge < -0.3 is 15.2 Å². The molecule has 3 nitrogen and oxygen atoms in total. The lowest BCUT2D eigenvalue weighted by Gasteiger charge is -2.29. The Morgan fingerprint density at radius 1 is 1.53 bits per heavy atom. The van der Waals surface area contributed by atoms with Crippen LogP contribution in [0.3, 0.4) is 0 Å². The zero-order valence-corrected chi connectivity index (χ0v) is 12.0. The van der Waals surface area contributed by atoms with E-state index in [2.05, 4.69) is 28.2 Å². The number of hydrogen-bond acceptors (Lipinski definition) is 3. The summed E-state index contributed by atoms with van der Waals surface area (Å²) in [5.74, 6) is 0.697. The molecule has 0 amide bonds. The van der Waals surface area contributed by atoms with Crippen LogP contribution in [0, 0.1) is 6.92 Å².